The standard InChI is InChI=1S/C17H20N4O3S/c1-18-16(22)10-20(2)11-17(23)21-13(15-6-4-8-25-15)9-12(19-21)14-5-3-7-24-14/h3-8,13H,9-11H2,1-2H3,(H,18,22). The summed E-state index contributed by atoms with van der Waals surface area (Å²) in [5.74, 6) is 0.397. The third-order valence-electron chi connectivity index (χ3n) is 3.94. The molecular weight excluding hydrogens is 340 g/mol. The van der Waals surface area contributed by atoms with Crippen molar-refractivity contribution in [2.75, 3.05) is 27.2 Å². The maximum atomic E-state index is 12.8. The van der Waals surface area contributed by atoms with E-state index in [4.69, 9.17) is 4.42 Å². The molecule has 1 aliphatic heterocycles. The van der Waals surface area contributed by atoms with Gasteiger partial charge in [0.1, 0.15) is 11.5 Å². The first-order valence-corrected chi connectivity index (χ1v) is 8.82. The Bertz CT molecular complexity index is 755. The molecule has 3 heterocycles. The van der Waals surface area contributed by atoms with Gasteiger partial charge in [0.2, 0.25) is 5.91 Å². The van der Waals surface area contributed by atoms with E-state index in [1.807, 2.05) is 23.6 Å². The van der Waals surface area contributed by atoms with Crippen molar-refractivity contribution < 1.29 is 14.0 Å². The van der Waals surface area contributed by atoms with Gasteiger partial charge in [-0.3, -0.25) is 14.5 Å². The number of hydrazone groups is 1. The molecule has 0 saturated heterocycles. The van der Waals surface area contributed by atoms with Crippen LogP contribution in [0.5, 0.6) is 0 Å². The van der Waals surface area contributed by atoms with Crippen molar-refractivity contribution in [1.82, 2.24) is 15.2 Å². The Labute approximate surface area is 149 Å². The first-order valence-electron chi connectivity index (χ1n) is 7.94. The van der Waals surface area contributed by atoms with Crippen LogP contribution in [0.3, 0.4) is 0 Å². The van der Waals surface area contributed by atoms with Crippen LogP contribution in [0, 0.1) is 0 Å². The number of hydrogen-bond acceptors (Lipinski definition) is 6. The summed E-state index contributed by atoms with van der Waals surface area (Å²) in [5.41, 5.74) is 0.755. The number of amides is 2. The van der Waals surface area contributed by atoms with Gasteiger partial charge in [-0.2, -0.15) is 5.10 Å². The second-order valence-electron chi connectivity index (χ2n) is 5.84. The Hall–Kier alpha value is -2.45. The van der Waals surface area contributed by atoms with Gasteiger partial charge in [-0.15, -0.1) is 11.3 Å². The maximum Gasteiger partial charge on any atom is 0.257 e. The number of thiophene rings is 1. The number of furan rings is 1. The van der Waals surface area contributed by atoms with Gasteiger partial charge >= 0.3 is 0 Å². The van der Waals surface area contributed by atoms with E-state index < -0.39 is 0 Å². The van der Waals surface area contributed by atoms with Crippen LogP contribution in [0.15, 0.2) is 45.4 Å². The van der Waals surface area contributed by atoms with Crippen LogP contribution in [0.1, 0.15) is 23.1 Å². The maximum absolute atomic E-state index is 12.8. The quantitative estimate of drug-likeness (QED) is 0.850. The molecule has 0 fully saturated rings. The molecule has 132 valence electrons. The third-order valence-corrected chi connectivity index (χ3v) is 4.91. The fourth-order valence-corrected chi connectivity index (χ4v) is 3.53. The molecule has 3 rings (SSSR count). The van der Waals surface area contributed by atoms with Crippen LogP contribution in [-0.2, 0) is 9.59 Å². The lowest BCUT2D eigenvalue weighted by Gasteiger charge is -2.23. The van der Waals surface area contributed by atoms with E-state index in [9.17, 15) is 9.59 Å². The highest BCUT2D eigenvalue weighted by Gasteiger charge is 2.34. The van der Waals surface area contributed by atoms with Crippen molar-refractivity contribution >= 4 is 28.9 Å². The van der Waals surface area contributed by atoms with E-state index in [1.54, 1.807) is 42.7 Å². The lowest BCUT2D eigenvalue weighted by molar-refractivity contribution is -0.134. The van der Waals surface area contributed by atoms with Gasteiger partial charge in [0.05, 0.1) is 25.4 Å². The van der Waals surface area contributed by atoms with E-state index in [0.717, 1.165) is 10.6 Å². The predicted molar refractivity (Wildman–Crippen MR) is 95.3 cm³/mol. The van der Waals surface area contributed by atoms with E-state index >= 15 is 0 Å². The highest BCUT2D eigenvalue weighted by atomic mass is 32.1. The van der Waals surface area contributed by atoms with Gasteiger partial charge in [0.25, 0.3) is 5.91 Å². The third kappa shape index (κ3) is 3.97. The molecule has 0 bridgehead atoms. The summed E-state index contributed by atoms with van der Waals surface area (Å²) >= 11 is 1.60. The van der Waals surface area contributed by atoms with Gasteiger partial charge in [0, 0.05) is 18.3 Å². The molecule has 0 saturated carbocycles. The Balaban J connectivity index is 1.77. The molecule has 8 heteroatoms. The molecule has 2 aromatic rings. The van der Waals surface area contributed by atoms with Crippen LogP contribution in [0.25, 0.3) is 0 Å². The van der Waals surface area contributed by atoms with Crippen molar-refractivity contribution in [3.63, 3.8) is 0 Å². The number of rotatable bonds is 6. The first-order chi connectivity index (χ1) is 12.1. The number of carbonyl (C=O) groups is 2. The number of nitrogens with one attached hydrogen (secondary N) is 1. The topological polar surface area (TPSA) is 78.2 Å². The van der Waals surface area contributed by atoms with Crippen LogP contribution in [0.2, 0.25) is 0 Å². The molecule has 0 radical (unpaired) electrons. The number of likely N-dealkylation sites (N-methyl/N-ethyl adjacent to an activating group) is 2. The van der Waals surface area contributed by atoms with Gasteiger partial charge in [0.15, 0.2) is 0 Å². The largest absolute Gasteiger partial charge is 0.463 e. The molecule has 0 aromatic carbocycles. The monoisotopic (exact) mass is 360 g/mol. The van der Waals surface area contributed by atoms with Gasteiger partial charge < -0.3 is 9.73 Å². The smallest absolute Gasteiger partial charge is 0.257 e. The van der Waals surface area contributed by atoms with Crippen LogP contribution >= 0.6 is 11.3 Å². The molecule has 7 nitrogen and oxygen atoms in total. The zero-order valence-electron chi connectivity index (χ0n) is 14.1. The Kier molecular flexibility index (Phi) is 5.30. The van der Waals surface area contributed by atoms with E-state index in [2.05, 4.69) is 10.4 Å². The SMILES string of the molecule is CNC(=O)CN(C)CC(=O)N1N=C(c2ccco2)CC1c1cccs1. The summed E-state index contributed by atoms with van der Waals surface area (Å²) in [6.07, 6.45) is 2.21. The molecule has 2 aromatic heterocycles. The molecule has 0 aliphatic carbocycles. The minimum absolute atomic E-state index is 0.115. The highest BCUT2D eigenvalue weighted by Crippen LogP contribution is 2.35. The Morgan fingerprint density at radius 3 is 2.88 bits per heavy atom. The number of carbonyl (C=O) groups excluding carboxylic acids is 2. The van der Waals surface area contributed by atoms with Crippen molar-refractivity contribution in [1.29, 1.82) is 0 Å². The minimum Gasteiger partial charge on any atom is -0.463 e. The van der Waals surface area contributed by atoms with Crippen LogP contribution < -0.4 is 5.32 Å². The molecule has 2 amide bonds. The molecule has 1 N–H and O–H groups in total. The van der Waals surface area contributed by atoms with E-state index in [-0.39, 0.29) is 30.9 Å². The number of nitrogens with zero attached hydrogens (tertiary/aromatic N) is 3. The van der Waals surface area contributed by atoms with Crippen molar-refractivity contribution in [3.8, 4) is 0 Å². The van der Waals surface area contributed by atoms with E-state index in [0.29, 0.717) is 12.2 Å². The van der Waals surface area contributed by atoms with Gasteiger partial charge in [-0.1, -0.05) is 6.07 Å². The van der Waals surface area contributed by atoms with Crippen molar-refractivity contribution in [3.05, 3.63) is 46.5 Å². The predicted octanol–water partition coefficient (Wildman–Crippen LogP) is 1.70. The second-order valence-corrected chi connectivity index (χ2v) is 6.82. The average Bonchev–Trinajstić information content (AvgIpc) is 3.32. The Morgan fingerprint density at radius 1 is 1.40 bits per heavy atom. The molecule has 1 unspecified atom stereocenters. The molecule has 0 spiro atoms. The highest BCUT2D eigenvalue weighted by molar-refractivity contribution is 7.10. The van der Waals surface area contributed by atoms with Crippen LogP contribution in [0.4, 0.5) is 0 Å². The van der Waals surface area contributed by atoms with Crippen molar-refractivity contribution in [2.24, 2.45) is 5.10 Å². The molecule has 1 aliphatic rings. The molecular formula is C17H20N4O3S. The summed E-state index contributed by atoms with van der Waals surface area (Å²) < 4.78 is 5.43. The van der Waals surface area contributed by atoms with Gasteiger partial charge in [-0.05, 0) is 30.6 Å². The first kappa shape index (κ1) is 17.4. The van der Waals surface area contributed by atoms with Crippen LogP contribution in [-0.4, -0.2) is 54.6 Å². The lowest BCUT2D eigenvalue weighted by atomic mass is 10.1. The number of hydrogen-bond donors (Lipinski definition) is 1. The molecule has 25 heavy (non-hydrogen) atoms. The fraction of sp³-hybridized carbons (Fsp3) is 0.353. The lowest BCUT2D eigenvalue weighted by Crippen LogP contribution is -2.40. The summed E-state index contributed by atoms with van der Waals surface area (Å²) in [6.45, 7) is 0.277. The van der Waals surface area contributed by atoms with E-state index in [1.165, 1.54) is 5.01 Å². The zero-order valence-corrected chi connectivity index (χ0v) is 15.0. The van der Waals surface area contributed by atoms with Crippen molar-refractivity contribution in [2.45, 2.75) is 12.5 Å². The summed E-state index contributed by atoms with van der Waals surface area (Å²) in [6, 6.07) is 7.48. The normalized spacial score (nSPS) is 17.0. The summed E-state index contributed by atoms with van der Waals surface area (Å²) in [5, 5.41) is 10.6. The molecule has 1 atom stereocenters. The fourth-order valence-electron chi connectivity index (χ4n) is 2.72. The summed E-state index contributed by atoms with van der Waals surface area (Å²) in [7, 11) is 3.31. The second kappa shape index (κ2) is 7.62. The van der Waals surface area contributed by atoms with Gasteiger partial charge in [-0.25, -0.2) is 5.01 Å². The minimum atomic E-state index is -0.147. The average molecular weight is 360 g/mol. The zero-order chi connectivity index (χ0) is 17.8. The Morgan fingerprint density at radius 2 is 2.24 bits per heavy atom. The summed E-state index contributed by atoms with van der Waals surface area (Å²) in [4.78, 5) is 27.0.